The minimum absolute atomic E-state index is 0.00357. The van der Waals surface area contributed by atoms with Gasteiger partial charge in [0.2, 0.25) is 10.0 Å². The predicted molar refractivity (Wildman–Crippen MR) is 118 cm³/mol. The van der Waals surface area contributed by atoms with Crippen LogP contribution in [0.4, 0.5) is 0 Å². The lowest BCUT2D eigenvalue weighted by Gasteiger charge is -2.26. The molecule has 7 nitrogen and oxygen atoms in total. The first kappa shape index (κ1) is 23.6. The van der Waals surface area contributed by atoms with Crippen LogP contribution in [0, 0.1) is 5.92 Å². The summed E-state index contributed by atoms with van der Waals surface area (Å²) in [5.74, 6) is 1.38. The van der Waals surface area contributed by atoms with Crippen molar-refractivity contribution in [3.8, 4) is 0 Å². The van der Waals surface area contributed by atoms with Crippen molar-refractivity contribution in [1.29, 1.82) is 0 Å². The van der Waals surface area contributed by atoms with Crippen LogP contribution >= 0.6 is 0 Å². The molecule has 0 spiro atoms. The van der Waals surface area contributed by atoms with Gasteiger partial charge in [-0.1, -0.05) is 51.0 Å². The van der Waals surface area contributed by atoms with Crippen LogP contribution in [-0.4, -0.2) is 58.1 Å². The van der Waals surface area contributed by atoms with E-state index in [9.17, 15) is 8.42 Å². The van der Waals surface area contributed by atoms with Gasteiger partial charge in [0.15, 0.2) is 5.96 Å². The zero-order valence-electron chi connectivity index (χ0n) is 18.0. The number of hydrogen-bond acceptors (Lipinski definition) is 4. The van der Waals surface area contributed by atoms with Crippen molar-refractivity contribution in [2.45, 2.75) is 45.9 Å². The molecule has 29 heavy (non-hydrogen) atoms. The first-order valence-electron chi connectivity index (χ1n) is 10.6. The molecule has 0 bridgehead atoms. The average molecular weight is 425 g/mol. The zero-order chi connectivity index (χ0) is 21.1. The van der Waals surface area contributed by atoms with Crippen LogP contribution in [0.25, 0.3) is 0 Å². The van der Waals surface area contributed by atoms with Gasteiger partial charge in [0.05, 0.1) is 25.5 Å². The molecular weight excluding hydrogens is 388 g/mol. The minimum atomic E-state index is -3.36. The summed E-state index contributed by atoms with van der Waals surface area (Å²) in [6.45, 7) is 10.3. The molecule has 0 atom stereocenters. The Bertz CT molecular complexity index is 742. The molecule has 2 N–H and O–H groups in total. The molecule has 164 valence electrons. The van der Waals surface area contributed by atoms with E-state index in [1.807, 2.05) is 31.2 Å². The van der Waals surface area contributed by atoms with Crippen LogP contribution in [0.15, 0.2) is 29.3 Å². The lowest BCUT2D eigenvalue weighted by atomic mass is 10.0. The number of nitrogens with zero attached hydrogens (tertiary/aromatic N) is 2. The molecular formula is C21H36N4O3S. The molecule has 0 unspecified atom stereocenters. The van der Waals surface area contributed by atoms with E-state index in [4.69, 9.17) is 9.73 Å². The summed E-state index contributed by atoms with van der Waals surface area (Å²) in [5, 5.41) is 6.69. The number of aliphatic imine (C=N–C) groups is 1. The van der Waals surface area contributed by atoms with Gasteiger partial charge in [-0.25, -0.2) is 13.4 Å². The molecule has 1 fully saturated rings. The van der Waals surface area contributed by atoms with Crippen molar-refractivity contribution in [3.05, 3.63) is 35.4 Å². The van der Waals surface area contributed by atoms with E-state index in [1.54, 1.807) is 0 Å². The van der Waals surface area contributed by atoms with E-state index in [0.717, 1.165) is 43.0 Å². The first-order chi connectivity index (χ1) is 14.0. The van der Waals surface area contributed by atoms with E-state index >= 15 is 0 Å². The molecule has 1 heterocycles. The third-order valence-corrected chi connectivity index (χ3v) is 7.11. The molecule has 0 aliphatic carbocycles. The number of ether oxygens (including phenoxy) is 1. The minimum Gasteiger partial charge on any atom is -0.379 e. The molecule has 1 aromatic carbocycles. The van der Waals surface area contributed by atoms with Crippen LogP contribution in [0.3, 0.4) is 0 Å². The van der Waals surface area contributed by atoms with Gasteiger partial charge >= 0.3 is 0 Å². The Morgan fingerprint density at radius 2 is 1.76 bits per heavy atom. The quantitative estimate of drug-likeness (QED) is 0.445. The van der Waals surface area contributed by atoms with Gasteiger partial charge in [-0.15, -0.1) is 0 Å². The van der Waals surface area contributed by atoms with Crippen LogP contribution in [0.1, 0.15) is 44.7 Å². The molecule has 8 heteroatoms. The number of rotatable bonds is 10. The monoisotopic (exact) mass is 424 g/mol. The molecule has 0 aromatic heterocycles. The third-order valence-electron chi connectivity index (χ3n) is 5.28. The second kappa shape index (κ2) is 12.1. The zero-order valence-corrected chi connectivity index (χ0v) is 18.8. The predicted octanol–water partition coefficient (Wildman–Crippen LogP) is 2.34. The highest BCUT2D eigenvalue weighted by molar-refractivity contribution is 7.88. The van der Waals surface area contributed by atoms with Gasteiger partial charge < -0.3 is 15.4 Å². The first-order valence-corrected chi connectivity index (χ1v) is 12.3. The van der Waals surface area contributed by atoms with Gasteiger partial charge in [-0.3, -0.25) is 0 Å². The summed E-state index contributed by atoms with van der Waals surface area (Å²) in [6.07, 6.45) is 2.26. The highest BCUT2D eigenvalue weighted by atomic mass is 32.2. The highest BCUT2D eigenvalue weighted by Gasteiger charge is 2.25. The number of benzene rings is 1. The van der Waals surface area contributed by atoms with Crippen LogP contribution in [0.2, 0.25) is 0 Å². The standard InChI is InChI=1S/C21H36N4O3S/c1-4-18(5-2)15-23-21(22-6-3)24-16-19-9-7-8-10-20(19)17-29(26,27)25-11-13-28-14-12-25/h7-10,18H,4-6,11-17H2,1-3H3,(H2,22,23,24). The van der Waals surface area contributed by atoms with Crippen molar-refractivity contribution in [3.63, 3.8) is 0 Å². The summed E-state index contributed by atoms with van der Waals surface area (Å²) in [6, 6.07) is 7.65. The molecule has 2 rings (SSSR count). The number of sulfonamides is 1. The number of guanidine groups is 1. The van der Waals surface area contributed by atoms with Crippen LogP contribution in [0.5, 0.6) is 0 Å². The maximum Gasteiger partial charge on any atom is 0.218 e. The van der Waals surface area contributed by atoms with Crippen molar-refractivity contribution >= 4 is 16.0 Å². The summed E-state index contributed by atoms with van der Waals surface area (Å²) in [5.41, 5.74) is 1.74. The molecule has 1 aromatic rings. The van der Waals surface area contributed by atoms with Crippen molar-refractivity contribution in [1.82, 2.24) is 14.9 Å². The molecule has 0 saturated carbocycles. The van der Waals surface area contributed by atoms with Crippen molar-refractivity contribution in [2.24, 2.45) is 10.9 Å². The van der Waals surface area contributed by atoms with E-state index in [0.29, 0.717) is 38.8 Å². The van der Waals surface area contributed by atoms with Crippen LogP contribution in [-0.2, 0) is 27.1 Å². The Hall–Kier alpha value is -1.64. The molecule has 1 aliphatic heterocycles. The van der Waals surface area contributed by atoms with Gasteiger partial charge in [0.25, 0.3) is 0 Å². The molecule has 1 saturated heterocycles. The lowest BCUT2D eigenvalue weighted by Crippen LogP contribution is -2.41. The smallest absolute Gasteiger partial charge is 0.218 e. The van der Waals surface area contributed by atoms with Crippen LogP contribution < -0.4 is 10.6 Å². The largest absolute Gasteiger partial charge is 0.379 e. The summed E-state index contributed by atoms with van der Waals surface area (Å²) >= 11 is 0. The number of nitrogens with one attached hydrogen (secondary N) is 2. The second-order valence-electron chi connectivity index (χ2n) is 7.29. The Morgan fingerprint density at radius 3 is 2.38 bits per heavy atom. The topological polar surface area (TPSA) is 83.0 Å². The molecule has 1 aliphatic rings. The van der Waals surface area contributed by atoms with Crippen molar-refractivity contribution < 1.29 is 13.2 Å². The van der Waals surface area contributed by atoms with E-state index in [2.05, 4.69) is 24.5 Å². The number of hydrogen-bond donors (Lipinski definition) is 2. The Kier molecular flexibility index (Phi) is 9.90. The van der Waals surface area contributed by atoms with E-state index < -0.39 is 10.0 Å². The normalized spacial score (nSPS) is 16.2. The third kappa shape index (κ3) is 7.60. The molecule has 0 radical (unpaired) electrons. The maximum absolute atomic E-state index is 12.8. The van der Waals surface area contributed by atoms with Gasteiger partial charge in [0.1, 0.15) is 0 Å². The summed E-state index contributed by atoms with van der Waals surface area (Å²) < 4.78 is 32.4. The highest BCUT2D eigenvalue weighted by Crippen LogP contribution is 2.17. The fourth-order valence-electron chi connectivity index (χ4n) is 3.29. The molecule has 0 amide bonds. The van der Waals surface area contributed by atoms with E-state index in [-0.39, 0.29) is 5.75 Å². The second-order valence-corrected chi connectivity index (χ2v) is 9.26. The lowest BCUT2D eigenvalue weighted by molar-refractivity contribution is 0.0729. The maximum atomic E-state index is 12.8. The summed E-state index contributed by atoms with van der Waals surface area (Å²) in [4.78, 5) is 4.69. The summed E-state index contributed by atoms with van der Waals surface area (Å²) in [7, 11) is -3.36. The average Bonchev–Trinajstić information content (AvgIpc) is 2.74. The van der Waals surface area contributed by atoms with Gasteiger partial charge in [0, 0.05) is 26.2 Å². The SMILES string of the molecule is CCNC(=NCc1ccccc1CS(=O)(=O)N1CCOCC1)NCC(CC)CC. The van der Waals surface area contributed by atoms with Crippen molar-refractivity contribution in [2.75, 3.05) is 39.4 Å². The fraction of sp³-hybridized carbons (Fsp3) is 0.667. The number of morpholine rings is 1. The Morgan fingerprint density at radius 1 is 1.10 bits per heavy atom. The fourth-order valence-corrected chi connectivity index (χ4v) is 4.85. The van der Waals surface area contributed by atoms with Gasteiger partial charge in [-0.05, 0) is 24.0 Å². The van der Waals surface area contributed by atoms with Gasteiger partial charge in [-0.2, -0.15) is 4.31 Å². The Balaban J connectivity index is 2.08. The van der Waals surface area contributed by atoms with E-state index in [1.165, 1.54) is 4.31 Å². The Labute approximate surface area is 176 Å².